The van der Waals surface area contributed by atoms with Crippen LogP contribution in [0, 0.1) is 27.7 Å². The van der Waals surface area contributed by atoms with E-state index >= 15 is 0 Å². The first-order valence-electron chi connectivity index (χ1n) is 10.5. The average Bonchev–Trinajstić information content (AvgIpc) is 3.04. The fraction of sp³-hybridized carbons (Fsp3) is 0.400. The maximum atomic E-state index is 10.4. The fourth-order valence-corrected chi connectivity index (χ4v) is 3.49. The van der Waals surface area contributed by atoms with Crippen LogP contribution in [0.3, 0.4) is 0 Å². The molecule has 0 aliphatic heterocycles. The molecule has 166 valence electrons. The van der Waals surface area contributed by atoms with E-state index in [1.54, 1.807) is 0 Å². The molecule has 2 aromatic carbocycles. The number of benzene rings is 2. The number of hydrogen-bond acceptors (Lipinski definition) is 6. The van der Waals surface area contributed by atoms with Crippen molar-refractivity contribution in [2.24, 2.45) is 0 Å². The van der Waals surface area contributed by atoms with Gasteiger partial charge in [-0.15, -0.1) is 0 Å². The van der Waals surface area contributed by atoms with Crippen LogP contribution in [0.4, 0.5) is 0 Å². The van der Waals surface area contributed by atoms with Gasteiger partial charge in [-0.3, -0.25) is 4.90 Å². The molecule has 6 heteroatoms. The van der Waals surface area contributed by atoms with Crippen LogP contribution in [0.25, 0.3) is 0 Å². The highest BCUT2D eigenvalue weighted by molar-refractivity contribution is 5.35. The van der Waals surface area contributed by atoms with Crippen LogP contribution in [-0.4, -0.2) is 41.5 Å². The molecule has 1 N–H and O–H groups in total. The lowest BCUT2D eigenvalue weighted by molar-refractivity contribution is 0.0741. The largest absolute Gasteiger partial charge is 0.491 e. The minimum Gasteiger partial charge on any atom is -0.491 e. The molecule has 0 saturated carbocycles. The van der Waals surface area contributed by atoms with Crippen molar-refractivity contribution >= 4 is 0 Å². The van der Waals surface area contributed by atoms with Gasteiger partial charge in [-0.1, -0.05) is 35.0 Å². The number of hydrogen-bond donors (Lipinski definition) is 1. The van der Waals surface area contributed by atoms with Gasteiger partial charge in [-0.2, -0.15) is 0 Å². The van der Waals surface area contributed by atoms with Crippen LogP contribution in [0.1, 0.15) is 33.7 Å². The van der Waals surface area contributed by atoms with Gasteiger partial charge in [0.15, 0.2) is 0 Å². The summed E-state index contributed by atoms with van der Waals surface area (Å²) in [5, 5.41) is 14.3. The standard InChI is InChI=1S/C25H32N2O4/c1-17-6-11-25(18(2)12-17)30-15-22(28)14-27(5)13-21-7-9-23(10-8-21)29-16-24-19(3)26-31-20(24)4/h6-12,22,28H,13-16H2,1-5H3. The second-order valence-electron chi connectivity index (χ2n) is 8.17. The molecule has 0 fully saturated rings. The van der Waals surface area contributed by atoms with Crippen LogP contribution < -0.4 is 9.47 Å². The number of aryl methyl sites for hydroxylation is 4. The molecule has 1 aromatic heterocycles. The van der Waals surface area contributed by atoms with Gasteiger partial charge in [0.2, 0.25) is 0 Å². The Balaban J connectivity index is 1.43. The molecule has 31 heavy (non-hydrogen) atoms. The van der Waals surface area contributed by atoms with E-state index in [1.807, 2.05) is 64.2 Å². The topological polar surface area (TPSA) is 68.0 Å². The lowest BCUT2D eigenvalue weighted by Gasteiger charge is -2.21. The Hall–Kier alpha value is -2.83. The summed E-state index contributed by atoms with van der Waals surface area (Å²) in [6, 6.07) is 14.0. The molecule has 0 aliphatic rings. The van der Waals surface area contributed by atoms with Crippen molar-refractivity contribution in [3.63, 3.8) is 0 Å². The highest BCUT2D eigenvalue weighted by Gasteiger charge is 2.12. The Morgan fingerprint density at radius 2 is 1.77 bits per heavy atom. The summed E-state index contributed by atoms with van der Waals surface area (Å²) in [7, 11) is 1.99. The molecule has 3 rings (SSSR count). The van der Waals surface area contributed by atoms with Gasteiger partial charge in [0.25, 0.3) is 0 Å². The number of ether oxygens (including phenoxy) is 2. The highest BCUT2D eigenvalue weighted by atomic mass is 16.5. The van der Waals surface area contributed by atoms with E-state index in [4.69, 9.17) is 14.0 Å². The minimum atomic E-state index is -0.566. The normalized spacial score (nSPS) is 12.2. The number of aliphatic hydroxyl groups is 1. The zero-order valence-corrected chi connectivity index (χ0v) is 19.0. The number of rotatable bonds is 10. The molecule has 3 aromatic rings. The summed E-state index contributed by atoms with van der Waals surface area (Å²) in [6.07, 6.45) is -0.566. The van der Waals surface area contributed by atoms with Gasteiger partial charge in [0, 0.05) is 13.1 Å². The first-order valence-corrected chi connectivity index (χ1v) is 10.5. The van der Waals surface area contributed by atoms with Crippen LogP contribution >= 0.6 is 0 Å². The number of nitrogens with zero attached hydrogens (tertiary/aromatic N) is 2. The summed E-state index contributed by atoms with van der Waals surface area (Å²) in [6.45, 7) is 9.82. The molecule has 0 bridgehead atoms. The molecule has 6 nitrogen and oxygen atoms in total. The van der Waals surface area contributed by atoms with Crippen molar-refractivity contribution in [1.29, 1.82) is 0 Å². The Kier molecular flexibility index (Phi) is 7.71. The van der Waals surface area contributed by atoms with Crippen molar-refractivity contribution in [3.05, 3.63) is 76.2 Å². The van der Waals surface area contributed by atoms with Crippen LogP contribution in [0.15, 0.2) is 47.0 Å². The van der Waals surface area contributed by atoms with Gasteiger partial charge >= 0.3 is 0 Å². The van der Waals surface area contributed by atoms with E-state index in [2.05, 4.69) is 23.0 Å². The summed E-state index contributed by atoms with van der Waals surface area (Å²) in [4.78, 5) is 2.08. The van der Waals surface area contributed by atoms with Crippen molar-refractivity contribution < 1.29 is 19.1 Å². The molecule has 1 unspecified atom stereocenters. The third kappa shape index (κ3) is 6.57. The van der Waals surface area contributed by atoms with Gasteiger partial charge in [-0.05, 0) is 64.1 Å². The molecular formula is C25H32N2O4. The van der Waals surface area contributed by atoms with Crippen LogP contribution in [0.2, 0.25) is 0 Å². The summed E-state index contributed by atoms with van der Waals surface area (Å²) in [5.74, 6) is 2.41. The second-order valence-corrected chi connectivity index (χ2v) is 8.17. The van der Waals surface area contributed by atoms with E-state index < -0.39 is 6.10 Å². The zero-order chi connectivity index (χ0) is 22.4. The molecular weight excluding hydrogens is 392 g/mol. The van der Waals surface area contributed by atoms with E-state index in [9.17, 15) is 5.11 Å². The predicted octanol–water partition coefficient (Wildman–Crippen LogP) is 4.36. The SMILES string of the molecule is Cc1ccc(OCC(O)CN(C)Cc2ccc(OCc3c(C)noc3C)cc2)c(C)c1. The summed E-state index contributed by atoms with van der Waals surface area (Å²) >= 11 is 0. The Bertz CT molecular complexity index is 962. The second kappa shape index (κ2) is 10.5. The highest BCUT2D eigenvalue weighted by Crippen LogP contribution is 2.20. The van der Waals surface area contributed by atoms with E-state index in [0.29, 0.717) is 13.2 Å². The number of aromatic nitrogens is 1. The predicted molar refractivity (Wildman–Crippen MR) is 121 cm³/mol. The first kappa shape index (κ1) is 22.8. The van der Waals surface area contributed by atoms with E-state index in [0.717, 1.165) is 46.2 Å². The number of aliphatic hydroxyl groups excluding tert-OH is 1. The van der Waals surface area contributed by atoms with Gasteiger partial charge in [-0.25, -0.2) is 0 Å². The molecule has 0 radical (unpaired) electrons. The zero-order valence-electron chi connectivity index (χ0n) is 19.0. The molecule has 0 amide bonds. The van der Waals surface area contributed by atoms with Gasteiger partial charge in [0.05, 0.1) is 11.3 Å². The van der Waals surface area contributed by atoms with E-state index in [1.165, 1.54) is 5.56 Å². The summed E-state index contributed by atoms with van der Waals surface area (Å²) < 4.78 is 16.8. The lowest BCUT2D eigenvalue weighted by Crippen LogP contribution is -2.32. The van der Waals surface area contributed by atoms with E-state index in [-0.39, 0.29) is 6.61 Å². The minimum absolute atomic E-state index is 0.267. The smallest absolute Gasteiger partial charge is 0.140 e. The maximum absolute atomic E-state index is 10.4. The fourth-order valence-electron chi connectivity index (χ4n) is 3.49. The van der Waals surface area contributed by atoms with Crippen molar-refractivity contribution in [3.8, 4) is 11.5 Å². The van der Waals surface area contributed by atoms with Gasteiger partial charge in [0.1, 0.15) is 36.6 Å². The van der Waals surface area contributed by atoms with Crippen molar-refractivity contribution in [2.45, 2.75) is 47.0 Å². The van der Waals surface area contributed by atoms with Gasteiger partial charge < -0.3 is 19.1 Å². The quantitative estimate of drug-likeness (QED) is 0.522. The summed E-state index contributed by atoms with van der Waals surface area (Å²) in [5.41, 5.74) is 5.27. The lowest BCUT2D eigenvalue weighted by atomic mass is 10.1. The molecule has 0 aliphatic carbocycles. The number of likely N-dealkylation sites (N-methyl/N-ethyl adjacent to an activating group) is 1. The Morgan fingerprint density at radius 1 is 1.03 bits per heavy atom. The maximum Gasteiger partial charge on any atom is 0.140 e. The molecule has 0 saturated heterocycles. The van der Waals surface area contributed by atoms with Crippen LogP contribution in [-0.2, 0) is 13.2 Å². The molecule has 1 atom stereocenters. The Morgan fingerprint density at radius 3 is 2.42 bits per heavy atom. The molecule has 0 spiro atoms. The first-order chi connectivity index (χ1) is 14.8. The third-order valence-electron chi connectivity index (χ3n) is 5.22. The Labute approximate surface area is 184 Å². The third-order valence-corrected chi connectivity index (χ3v) is 5.22. The van der Waals surface area contributed by atoms with Crippen molar-refractivity contribution in [2.75, 3.05) is 20.2 Å². The molecule has 1 heterocycles. The van der Waals surface area contributed by atoms with Crippen LogP contribution in [0.5, 0.6) is 11.5 Å². The average molecular weight is 425 g/mol. The monoisotopic (exact) mass is 424 g/mol. The van der Waals surface area contributed by atoms with Crippen molar-refractivity contribution in [1.82, 2.24) is 10.1 Å².